The summed E-state index contributed by atoms with van der Waals surface area (Å²) in [5.74, 6) is -0.310. The second kappa shape index (κ2) is 2.84. The van der Waals surface area contributed by atoms with E-state index >= 15 is 0 Å². The first-order valence-electron chi connectivity index (χ1n) is 4.64. The zero-order valence-corrected chi connectivity index (χ0v) is 7.84. The summed E-state index contributed by atoms with van der Waals surface area (Å²) in [5.41, 5.74) is 0.345. The van der Waals surface area contributed by atoms with Gasteiger partial charge in [-0.1, -0.05) is 6.58 Å². The van der Waals surface area contributed by atoms with Crippen molar-refractivity contribution in [3.63, 3.8) is 0 Å². The van der Waals surface area contributed by atoms with Gasteiger partial charge in [-0.05, 0) is 26.2 Å². The fraction of sp³-hybridized carbons (Fsp3) is 0.700. The highest BCUT2D eigenvalue weighted by Gasteiger charge is 2.60. The minimum atomic E-state index is -0.310. The Morgan fingerprint density at radius 2 is 2.54 bits per heavy atom. The third-order valence-corrected chi connectivity index (χ3v) is 2.77. The molecule has 0 spiro atoms. The maximum atomic E-state index is 11.1. The summed E-state index contributed by atoms with van der Waals surface area (Å²) >= 11 is 0. The van der Waals surface area contributed by atoms with E-state index in [1.807, 2.05) is 0 Å². The van der Waals surface area contributed by atoms with Gasteiger partial charge < -0.3 is 9.47 Å². The second-order valence-electron chi connectivity index (χ2n) is 3.92. The minimum absolute atomic E-state index is 0.106. The molecule has 0 aromatic rings. The number of ether oxygens (including phenoxy) is 2. The maximum Gasteiger partial charge on any atom is 0.333 e. The third-order valence-electron chi connectivity index (χ3n) is 2.77. The fourth-order valence-electron chi connectivity index (χ4n) is 1.89. The zero-order valence-electron chi connectivity index (χ0n) is 7.84. The molecule has 1 heterocycles. The molecule has 0 aromatic carbocycles. The fourth-order valence-corrected chi connectivity index (χ4v) is 1.89. The van der Waals surface area contributed by atoms with Gasteiger partial charge in [0, 0.05) is 5.57 Å². The van der Waals surface area contributed by atoms with E-state index in [0.29, 0.717) is 18.3 Å². The summed E-state index contributed by atoms with van der Waals surface area (Å²) < 4.78 is 10.5. The molecule has 2 aliphatic rings. The Morgan fingerprint density at radius 3 is 3.00 bits per heavy atom. The van der Waals surface area contributed by atoms with E-state index in [2.05, 4.69) is 6.58 Å². The van der Waals surface area contributed by atoms with Gasteiger partial charge in [-0.25, -0.2) is 4.79 Å². The number of hydrogen-bond acceptors (Lipinski definition) is 3. The van der Waals surface area contributed by atoms with Gasteiger partial charge in [-0.3, -0.25) is 0 Å². The van der Waals surface area contributed by atoms with Crippen molar-refractivity contribution in [1.29, 1.82) is 0 Å². The van der Waals surface area contributed by atoms with E-state index in [9.17, 15) is 4.79 Å². The van der Waals surface area contributed by atoms with Crippen LogP contribution in [0.1, 0.15) is 26.2 Å². The molecule has 0 aromatic heterocycles. The Labute approximate surface area is 77.7 Å². The number of carbonyl (C=O) groups is 1. The lowest BCUT2D eigenvalue weighted by Crippen LogP contribution is -2.21. The van der Waals surface area contributed by atoms with Crippen LogP contribution in [0.4, 0.5) is 0 Å². The first-order valence-corrected chi connectivity index (χ1v) is 4.64. The molecule has 2 unspecified atom stereocenters. The summed E-state index contributed by atoms with van der Waals surface area (Å²) in [7, 11) is 0. The highest BCUT2D eigenvalue weighted by molar-refractivity contribution is 5.86. The number of esters is 1. The van der Waals surface area contributed by atoms with E-state index in [4.69, 9.17) is 9.47 Å². The SMILES string of the molecule is C=C(C)C(=O)OCC12CCCC1O2. The number of carbonyl (C=O) groups excluding carboxylic acids is 1. The molecule has 1 aliphatic heterocycles. The Balaban J connectivity index is 1.80. The van der Waals surface area contributed by atoms with Crippen molar-refractivity contribution in [2.24, 2.45) is 0 Å². The normalized spacial score (nSPS) is 35.3. The summed E-state index contributed by atoms with van der Waals surface area (Å²) in [6.07, 6.45) is 3.69. The van der Waals surface area contributed by atoms with Crippen molar-refractivity contribution >= 4 is 5.97 Å². The largest absolute Gasteiger partial charge is 0.459 e. The molecule has 13 heavy (non-hydrogen) atoms. The lowest BCUT2D eigenvalue weighted by Gasteiger charge is -2.09. The molecule has 3 nitrogen and oxygen atoms in total. The van der Waals surface area contributed by atoms with Crippen LogP contribution in [0.2, 0.25) is 0 Å². The molecule has 1 aliphatic carbocycles. The number of epoxide rings is 1. The van der Waals surface area contributed by atoms with Crippen LogP contribution < -0.4 is 0 Å². The number of fused-ring (bicyclic) bond motifs is 1. The highest BCUT2D eigenvalue weighted by atomic mass is 16.6. The zero-order chi connectivity index (χ0) is 9.47. The first kappa shape index (κ1) is 8.75. The Kier molecular flexibility index (Phi) is 1.91. The van der Waals surface area contributed by atoms with Gasteiger partial charge in [0.1, 0.15) is 12.2 Å². The van der Waals surface area contributed by atoms with Gasteiger partial charge in [-0.15, -0.1) is 0 Å². The molecule has 0 radical (unpaired) electrons. The monoisotopic (exact) mass is 182 g/mol. The van der Waals surface area contributed by atoms with Crippen LogP contribution in [0.15, 0.2) is 12.2 Å². The number of hydrogen-bond donors (Lipinski definition) is 0. The summed E-state index contributed by atoms with van der Waals surface area (Å²) in [4.78, 5) is 11.1. The van der Waals surface area contributed by atoms with E-state index in [-0.39, 0.29) is 11.6 Å². The Bertz CT molecular complexity index is 259. The van der Waals surface area contributed by atoms with E-state index in [0.717, 1.165) is 12.8 Å². The Morgan fingerprint density at radius 1 is 1.77 bits per heavy atom. The van der Waals surface area contributed by atoms with Crippen LogP contribution in [0, 0.1) is 0 Å². The second-order valence-corrected chi connectivity index (χ2v) is 3.92. The maximum absolute atomic E-state index is 11.1. The van der Waals surface area contributed by atoms with Gasteiger partial charge in [0.25, 0.3) is 0 Å². The molecule has 0 amide bonds. The highest BCUT2D eigenvalue weighted by Crippen LogP contribution is 2.49. The third kappa shape index (κ3) is 1.48. The lowest BCUT2D eigenvalue weighted by molar-refractivity contribution is -0.140. The average Bonchev–Trinajstić information content (AvgIpc) is 2.65. The predicted molar refractivity (Wildman–Crippen MR) is 47.2 cm³/mol. The van der Waals surface area contributed by atoms with Crippen LogP contribution in [-0.4, -0.2) is 24.3 Å². The minimum Gasteiger partial charge on any atom is -0.459 e. The molecule has 3 heteroatoms. The summed E-state index contributed by atoms with van der Waals surface area (Å²) in [6.45, 7) is 5.58. The van der Waals surface area contributed by atoms with Crippen molar-refractivity contribution in [2.75, 3.05) is 6.61 Å². The molecular weight excluding hydrogens is 168 g/mol. The van der Waals surface area contributed by atoms with Gasteiger partial charge in [0.2, 0.25) is 0 Å². The van der Waals surface area contributed by atoms with Gasteiger partial charge in [0.05, 0.1) is 6.10 Å². The predicted octanol–water partition coefficient (Wildman–Crippen LogP) is 1.43. The quantitative estimate of drug-likeness (QED) is 0.376. The van der Waals surface area contributed by atoms with Gasteiger partial charge in [0.15, 0.2) is 0 Å². The molecule has 2 rings (SSSR count). The van der Waals surface area contributed by atoms with Crippen molar-refractivity contribution < 1.29 is 14.3 Å². The average molecular weight is 182 g/mol. The summed E-state index contributed by atoms with van der Waals surface area (Å²) in [6, 6.07) is 0. The lowest BCUT2D eigenvalue weighted by atomic mass is 10.1. The molecule has 72 valence electrons. The van der Waals surface area contributed by atoms with Crippen LogP contribution in [-0.2, 0) is 14.3 Å². The molecular formula is C10H14O3. The molecule has 0 bridgehead atoms. The van der Waals surface area contributed by atoms with E-state index in [1.54, 1.807) is 6.92 Å². The molecule has 2 atom stereocenters. The van der Waals surface area contributed by atoms with Crippen LogP contribution in [0.3, 0.4) is 0 Å². The number of rotatable bonds is 3. The van der Waals surface area contributed by atoms with Gasteiger partial charge >= 0.3 is 5.97 Å². The van der Waals surface area contributed by atoms with Gasteiger partial charge in [-0.2, -0.15) is 0 Å². The molecule has 1 saturated carbocycles. The summed E-state index contributed by atoms with van der Waals surface area (Å²) in [5, 5.41) is 0. The Hall–Kier alpha value is -0.830. The van der Waals surface area contributed by atoms with Crippen molar-refractivity contribution in [1.82, 2.24) is 0 Å². The first-order chi connectivity index (χ1) is 6.14. The molecule has 2 fully saturated rings. The van der Waals surface area contributed by atoms with Crippen molar-refractivity contribution in [3.8, 4) is 0 Å². The smallest absolute Gasteiger partial charge is 0.333 e. The topological polar surface area (TPSA) is 38.8 Å². The van der Waals surface area contributed by atoms with Crippen LogP contribution in [0.25, 0.3) is 0 Å². The van der Waals surface area contributed by atoms with Crippen LogP contribution in [0.5, 0.6) is 0 Å². The van der Waals surface area contributed by atoms with Crippen LogP contribution >= 0.6 is 0 Å². The molecule has 0 N–H and O–H groups in total. The van der Waals surface area contributed by atoms with E-state index < -0.39 is 0 Å². The van der Waals surface area contributed by atoms with E-state index in [1.165, 1.54) is 6.42 Å². The standard InChI is InChI=1S/C10H14O3/c1-7(2)9(11)12-6-10-5-3-4-8(10)13-10/h8H,1,3-6H2,2H3. The van der Waals surface area contributed by atoms with Crippen molar-refractivity contribution in [2.45, 2.75) is 37.9 Å². The molecule has 1 saturated heterocycles. The van der Waals surface area contributed by atoms with Crippen molar-refractivity contribution in [3.05, 3.63) is 12.2 Å².